The first kappa shape index (κ1) is 21.5. The number of aryl methyl sites for hydroxylation is 1. The highest BCUT2D eigenvalue weighted by molar-refractivity contribution is 5.98. The molecule has 0 bridgehead atoms. The number of rotatable bonds is 7. The van der Waals surface area contributed by atoms with E-state index in [4.69, 9.17) is 4.74 Å². The molecule has 6 nitrogen and oxygen atoms in total. The monoisotopic (exact) mass is 443 g/mol. The molecule has 1 heterocycles. The summed E-state index contributed by atoms with van der Waals surface area (Å²) in [6.07, 6.45) is 8.67. The van der Waals surface area contributed by atoms with Crippen molar-refractivity contribution < 1.29 is 14.6 Å². The summed E-state index contributed by atoms with van der Waals surface area (Å²) >= 11 is 0. The third kappa shape index (κ3) is 4.57. The lowest BCUT2D eigenvalue weighted by molar-refractivity contribution is -0.119. The number of carbonyl (C=O) groups excluding carboxylic acids is 1. The van der Waals surface area contributed by atoms with Gasteiger partial charge in [-0.1, -0.05) is 30.3 Å². The number of amides is 1. The van der Waals surface area contributed by atoms with E-state index in [2.05, 4.69) is 10.3 Å². The Morgan fingerprint density at radius 1 is 1.27 bits per heavy atom. The maximum atomic E-state index is 13.3. The fourth-order valence-corrected chi connectivity index (χ4v) is 4.58. The Morgan fingerprint density at radius 3 is 2.82 bits per heavy atom. The summed E-state index contributed by atoms with van der Waals surface area (Å²) in [5.41, 5.74) is 5.58. The third-order valence-electron chi connectivity index (χ3n) is 6.52. The predicted molar refractivity (Wildman–Crippen MR) is 127 cm³/mol. The summed E-state index contributed by atoms with van der Waals surface area (Å²) in [6.45, 7) is 1.95. The molecular weight excluding hydrogens is 414 g/mol. The van der Waals surface area contributed by atoms with Crippen LogP contribution in [0.3, 0.4) is 0 Å². The van der Waals surface area contributed by atoms with Gasteiger partial charge < -0.3 is 19.7 Å². The topological polar surface area (TPSA) is 76.4 Å². The van der Waals surface area contributed by atoms with Gasteiger partial charge in [-0.15, -0.1) is 0 Å². The van der Waals surface area contributed by atoms with Crippen LogP contribution in [0.5, 0.6) is 5.75 Å². The number of carbonyl (C=O) groups is 1. The van der Waals surface area contributed by atoms with Crippen molar-refractivity contribution in [1.82, 2.24) is 14.9 Å². The minimum atomic E-state index is -0.605. The van der Waals surface area contributed by atoms with Gasteiger partial charge in [0.15, 0.2) is 0 Å². The number of aromatic nitrogens is 2. The predicted octanol–water partition coefficient (Wildman–Crippen LogP) is 4.15. The first-order valence-electron chi connectivity index (χ1n) is 11.5. The lowest BCUT2D eigenvalue weighted by Crippen LogP contribution is -2.34. The van der Waals surface area contributed by atoms with Gasteiger partial charge in [-0.3, -0.25) is 4.79 Å². The average Bonchev–Trinajstić information content (AvgIpc) is 3.45. The number of methoxy groups -OCH3 is 1. The zero-order valence-corrected chi connectivity index (χ0v) is 19.0. The molecule has 170 valence electrons. The molecule has 2 aliphatic rings. The van der Waals surface area contributed by atoms with Crippen molar-refractivity contribution in [2.75, 3.05) is 7.11 Å². The van der Waals surface area contributed by atoms with E-state index < -0.39 is 6.10 Å². The molecule has 3 aromatic rings. The SMILES string of the molecule is COc1cc(/C=C(\CC2CC2)C(=O)N[C@@H]2c3ccccc3C[C@@H]2O)ccc1-n1cnc(C)c1. The highest BCUT2D eigenvalue weighted by Crippen LogP contribution is 2.37. The lowest BCUT2D eigenvalue weighted by Gasteiger charge is -2.19. The van der Waals surface area contributed by atoms with E-state index in [0.717, 1.165) is 52.9 Å². The molecule has 0 saturated heterocycles. The Hall–Kier alpha value is -3.38. The van der Waals surface area contributed by atoms with Crippen LogP contribution in [0, 0.1) is 12.8 Å². The van der Waals surface area contributed by atoms with E-state index in [9.17, 15) is 9.90 Å². The van der Waals surface area contributed by atoms with Crippen LogP contribution in [0.15, 0.2) is 60.6 Å². The first-order chi connectivity index (χ1) is 16.0. The van der Waals surface area contributed by atoms with E-state index in [0.29, 0.717) is 18.1 Å². The molecule has 2 aliphatic carbocycles. The van der Waals surface area contributed by atoms with Gasteiger partial charge in [0.05, 0.1) is 37.0 Å². The number of nitrogens with one attached hydrogen (secondary N) is 1. The molecule has 2 aromatic carbocycles. The van der Waals surface area contributed by atoms with E-state index >= 15 is 0 Å². The van der Waals surface area contributed by atoms with Crippen LogP contribution < -0.4 is 10.1 Å². The van der Waals surface area contributed by atoms with Crippen molar-refractivity contribution >= 4 is 12.0 Å². The standard InChI is InChI=1S/C27H29N3O3/c1-17-15-30(16-28-17)23-10-9-19(13-25(23)33-2)12-21(11-18-7-8-18)27(32)29-26-22-6-4-3-5-20(22)14-24(26)31/h3-6,9-10,12-13,15-16,18,24,26,31H,7-8,11,14H2,1-2H3,(H,29,32)/b21-12+/t24-,26+/m0/s1. The second-order valence-electron chi connectivity index (χ2n) is 9.09. The van der Waals surface area contributed by atoms with Crippen molar-refractivity contribution in [3.63, 3.8) is 0 Å². The van der Waals surface area contributed by atoms with Crippen LogP contribution in [0.2, 0.25) is 0 Å². The number of fused-ring (bicyclic) bond motifs is 1. The molecule has 1 amide bonds. The van der Waals surface area contributed by atoms with Crippen LogP contribution in [0.25, 0.3) is 11.8 Å². The summed E-state index contributed by atoms with van der Waals surface area (Å²) in [6, 6.07) is 13.5. The molecule has 0 spiro atoms. The molecule has 1 aromatic heterocycles. The third-order valence-corrected chi connectivity index (χ3v) is 6.52. The highest BCUT2D eigenvalue weighted by atomic mass is 16.5. The van der Waals surface area contributed by atoms with E-state index in [1.165, 1.54) is 0 Å². The maximum Gasteiger partial charge on any atom is 0.247 e. The minimum absolute atomic E-state index is 0.115. The number of imidazole rings is 1. The van der Waals surface area contributed by atoms with Gasteiger partial charge in [-0.05, 0) is 67.0 Å². The lowest BCUT2D eigenvalue weighted by atomic mass is 10.0. The summed E-state index contributed by atoms with van der Waals surface area (Å²) in [5, 5.41) is 13.7. The van der Waals surface area contributed by atoms with Gasteiger partial charge in [0.25, 0.3) is 0 Å². The number of hydrogen-bond donors (Lipinski definition) is 2. The molecule has 0 aliphatic heterocycles. The van der Waals surface area contributed by atoms with Gasteiger partial charge in [-0.2, -0.15) is 0 Å². The number of aliphatic hydroxyl groups is 1. The van der Waals surface area contributed by atoms with E-state index in [1.807, 2.05) is 66.2 Å². The Morgan fingerprint density at radius 2 is 2.09 bits per heavy atom. The highest BCUT2D eigenvalue weighted by Gasteiger charge is 2.33. The number of benzene rings is 2. The number of hydrogen-bond acceptors (Lipinski definition) is 4. The quantitative estimate of drug-likeness (QED) is 0.538. The normalized spacial score (nSPS) is 19.9. The summed E-state index contributed by atoms with van der Waals surface area (Å²) in [7, 11) is 1.65. The van der Waals surface area contributed by atoms with Gasteiger partial charge in [0.1, 0.15) is 5.75 Å². The molecule has 5 rings (SSSR count). The summed E-state index contributed by atoms with van der Waals surface area (Å²) < 4.78 is 7.56. The van der Waals surface area contributed by atoms with Crippen molar-refractivity contribution in [1.29, 1.82) is 0 Å². The Balaban J connectivity index is 1.42. The molecule has 1 saturated carbocycles. The average molecular weight is 444 g/mol. The molecule has 2 atom stereocenters. The second-order valence-corrected chi connectivity index (χ2v) is 9.09. The molecule has 0 radical (unpaired) electrons. The minimum Gasteiger partial charge on any atom is -0.495 e. The van der Waals surface area contributed by atoms with Crippen LogP contribution in [0.1, 0.15) is 47.7 Å². The maximum absolute atomic E-state index is 13.3. The van der Waals surface area contributed by atoms with Crippen molar-refractivity contribution in [3.8, 4) is 11.4 Å². The molecule has 2 N–H and O–H groups in total. The fourth-order valence-electron chi connectivity index (χ4n) is 4.58. The van der Waals surface area contributed by atoms with Gasteiger partial charge in [0.2, 0.25) is 5.91 Å². The zero-order chi connectivity index (χ0) is 22.9. The Kier molecular flexibility index (Phi) is 5.77. The van der Waals surface area contributed by atoms with Crippen LogP contribution in [0.4, 0.5) is 0 Å². The second kappa shape index (κ2) is 8.87. The van der Waals surface area contributed by atoms with Crippen molar-refractivity contribution in [2.24, 2.45) is 5.92 Å². The van der Waals surface area contributed by atoms with Crippen LogP contribution in [-0.2, 0) is 11.2 Å². The molecular formula is C27H29N3O3. The number of ether oxygens (including phenoxy) is 1. The Labute approximate surface area is 193 Å². The largest absolute Gasteiger partial charge is 0.495 e. The molecule has 6 heteroatoms. The summed E-state index contributed by atoms with van der Waals surface area (Å²) in [5.74, 6) is 1.15. The van der Waals surface area contributed by atoms with E-state index in [-0.39, 0.29) is 11.9 Å². The first-order valence-corrected chi connectivity index (χ1v) is 11.5. The van der Waals surface area contributed by atoms with E-state index in [1.54, 1.807) is 13.4 Å². The smallest absolute Gasteiger partial charge is 0.247 e. The Bertz CT molecular complexity index is 1210. The van der Waals surface area contributed by atoms with Crippen molar-refractivity contribution in [2.45, 2.75) is 44.8 Å². The van der Waals surface area contributed by atoms with Crippen LogP contribution >= 0.6 is 0 Å². The zero-order valence-electron chi connectivity index (χ0n) is 19.0. The van der Waals surface area contributed by atoms with Crippen LogP contribution in [-0.4, -0.2) is 33.8 Å². The molecule has 33 heavy (non-hydrogen) atoms. The fraction of sp³-hybridized carbons (Fsp3) is 0.333. The summed E-state index contributed by atoms with van der Waals surface area (Å²) in [4.78, 5) is 17.6. The number of nitrogens with zero attached hydrogens (tertiary/aromatic N) is 2. The number of aliphatic hydroxyl groups excluding tert-OH is 1. The molecule has 1 fully saturated rings. The van der Waals surface area contributed by atoms with Crippen molar-refractivity contribution in [3.05, 3.63) is 82.9 Å². The molecule has 0 unspecified atom stereocenters. The van der Waals surface area contributed by atoms with Gasteiger partial charge in [-0.25, -0.2) is 4.98 Å². The van der Waals surface area contributed by atoms with Gasteiger partial charge in [0, 0.05) is 18.2 Å². The van der Waals surface area contributed by atoms with Gasteiger partial charge >= 0.3 is 0 Å².